The first-order chi connectivity index (χ1) is 9.72. The van der Waals surface area contributed by atoms with Gasteiger partial charge in [-0.3, -0.25) is 4.79 Å². The van der Waals surface area contributed by atoms with Gasteiger partial charge in [0.05, 0.1) is 11.9 Å². The summed E-state index contributed by atoms with van der Waals surface area (Å²) in [6, 6.07) is 8.56. The summed E-state index contributed by atoms with van der Waals surface area (Å²) in [5.41, 5.74) is -0.816. The Kier molecular flexibility index (Phi) is 3.97. The Morgan fingerprint density at radius 3 is 2.38 bits per heavy atom. The molecule has 0 bridgehead atoms. The molecule has 0 saturated heterocycles. The van der Waals surface area contributed by atoms with E-state index in [2.05, 4.69) is 9.71 Å². The van der Waals surface area contributed by atoms with Gasteiger partial charge in [0, 0.05) is 18.8 Å². The molecule has 112 valence electrons. The number of rotatable bonds is 5. The van der Waals surface area contributed by atoms with Crippen molar-refractivity contribution in [2.24, 2.45) is 7.05 Å². The number of sulfonamides is 1. The van der Waals surface area contributed by atoms with Gasteiger partial charge in [-0.25, -0.2) is 13.4 Å². The number of carbonyl (C=O) groups is 1. The van der Waals surface area contributed by atoms with Crippen LogP contribution in [-0.2, 0) is 17.1 Å². The Bertz CT molecular complexity index is 749. The Labute approximate surface area is 123 Å². The van der Waals surface area contributed by atoms with E-state index in [0.29, 0.717) is 5.56 Å². The van der Waals surface area contributed by atoms with Crippen molar-refractivity contribution in [1.82, 2.24) is 14.3 Å². The van der Waals surface area contributed by atoms with E-state index in [1.807, 2.05) is 0 Å². The normalized spacial score (nSPS) is 12.3. The zero-order valence-electron chi connectivity index (χ0n) is 12.1. The number of hydrogen-bond donors (Lipinski definition) is 1. The predicted molar refractivity (Wildman–Crippen MR) is 78.4 cm³/mol. The molecule has 21 heavy (non-hydrogen) atoms. The van der Waals surface area contributed by atoms with Gasteiger partial charge >= 0.3 is 0 Å². The number of nitrogens with zero attached hydrogens (tertiary/aromatic N) is 2. The van der Waals surface area contributed by atoms with Crippen molar-refractivity contribution in [3.05, 3.63) is 48.4 Å². The number of aromatic nitrogens is 2. The number of nitrogens with one attached hydrogen (secondary N) is 1. The van der Waals surface area contributed by atoms with Crippen LogP contribution in [0.5, 0.6) is 0 Å². The Balaban J connectivity index is 2.27. The molecule has 1 heterocycles. The quantitative estimate of drug-likeness (QED) is 0.846. The van der Waals surface area contributed by atoms with Gasteiger partial charge in [0.15, 0.2) is 10.8 Å². The van der Waals surface area contributed by atoms with Crippen molar-refractivity contribution in [3.63, 3.8) is 0 Å². The van der Waals surface area contributed by atoms with Crippen molar-refractivity contribution in [1.29, 1.82) is 0 Å². The van der Waals surface area contributed by atoms with Crippen molar-refractivity contribution in [2.45, 2.75) is 24.4 Å². The molecule has 6 nitrogen and oxygen atoms in total. The van der Waals surface area contributed by atoms with E-state index in [9.17, 15) is 13.2 Å². The summed E-state index contributed by atoms with van der Waals surface area (Å²) in [5, 5.41) is -0.112. The van der Waals surface area contributed by atoms with E-state index < -0.39 is 15.6 Å². The summed E-state index contributed by atoms with van der Waals surface area (Å²) in [6.07, 6.45) is 2.77. The number of Topliss-reactive ketones (excluding diaryl/α,β-unsaturated/α-hetero) is 1. The van der Waals surface area contributed by atoms with Gasteiger partial charge in [-0.1, -0.05) is 30.3 Å². The molecule has 1 aromatic heterocycles. The molecule has 2 aromatic rings. The Morgan fingerprint density at radius 2 is 1.86 bits per heavy atom. The predicted octanol–water partition coefficient (Wildman–Crippen LogP) is 1.36. The van der Waals surface area contributed by atoms with E-state index >= 15 is 0 Å². The average molecular weight is 307 g/mol. The Hall–Kier alpha value is -1.99. The molecule has 2 rings (SSSR count). The first-order valence-electron chi connectivity index (χ1n) is 6.34. The minimum absolute atomic E-state index is 0.112. The Morgan fingerprint density at radius 1 is 1.24 bits per heavy atom. The highest BCUT2D eigenvalue weighted by molar-refractivity contribution is 7.89. The van der Waals surface area contributed by atoms with Crippen molar-refractivity contribution in [3.8, 4) is 0 Å². The third-order valence-electron chi connectivity index (χ3n) is 2.95. The molecule has 0 spiro atoms. The van der Waals surface area contributed by atoms with E-state index in [-0.39, 0.29) is 10.8 Å². The second-order valence-corrected chi connectivity index (χ2v) is 6.93. The van der Waals surface area contributed by atoms with Crippen LogP contribution in [0.25, 0.3) is 0 Å². The molecule has 0 atom stereocenters. The number of imidazole rings is 1. The monoisotopic (exact) mass is 307 g/mol. The zero-order valence-corrected chi connectivity index (χ0v) is 12.9. The van der Waals surface area contributed by atoms with Crippen LogP contribution in [0.2, 0.25) is 0 Å². The molecule has 0 aliphatic heterocycles. The van der Waals surface area contributed by atoms with Crippen LogP contribution < -0.4 is 4.72 Å². The van der Waals surface area contributed by atoms with E-state index in [0.717, 1.165) is 0 Å². The lowest BCUT2D eigenvalue weighted by molar-refractivity contribution is 0.0901. The molecule has 0 fully saturated rings. The summed E-state index contributed by atoms with van der Waals surface area (Å²) in [6.45, 7) is 3.06. The highest BCUT2D eigenvalue weighted by atomic mass is 32.2. The smallest absolute Gasteiger partial charge is 0.260 e. The lowest BCUT2D eigenvalue weighted by atomic mass is 9.94. The van der Waals surface area contributed by atoms with Gasteiger partial charge in [-0.05, 0) is 13.8 Å². The zero-order chi connectivity index (χ0) is 15.7. The van der Waals surface area contributed by atoms with Crippen LogP contribution in [0.3, 0.4) is 0 Å². The lowest BCUT2D eigenvalue weighted by Gasteiger charge is -2.24. The maximum Gasteiger partial charge on any atom is 0.260 e. The van der Waals surface area contributed by atoms with Crippen LogP contribution in [0.15, 0.2) is 47.9 Å². The molecular weight excluding hydrogens is 290 g/mol. The van der Waals surface area contributed by atoms with Gasteiger partial charge in [-0.2, -0.15) is 4.72 Å². The van der Waals surface area contributed by atoms with Crippen LogP contribution in [0.4, 0.5) is 0 Å². The van der Waals surface area contributed by atoms with Crippen LogP contribution >= 0.6 is 0 Å². The van der Waals surface area contributed by atoms with Gasteiger partial charge in [0.1, 0.15) is 0 Å². The molecule has 0 aliphatic carbocycles. The fraction of sp³-hybridized carbons (Fsp3) is 0.286. The fourth-order valence-electron chi connectivity index (χ4n) is 1.91. The second kappa shape index (κ2) is 5.42. The van der Waals surface area contributed by atoms with Crippen molar-refractivity contribution in [2.75, 3.05) is 0 Å². The van der Waals surface area contributed by atoms with Crippen molar-refractivity contribution < 1.29 is 13.2 Å². The number of aryl methyl sites for hydroxylation is 1. The number of hydrogen-bond acceptors (Lipinski definition) is 4. The summed E-state index contributed by atoms with van der Waals surface area (Å²) >= 11 is 0. The highest BCUT2D eigenvalue weighted by Crippen LogP contribution is 2.16. The van der Waals surface area contributed by atoms with E-state index in [1.54, 1.807) is 37.4 Å². The summed E-state index contributed by atoms with van der Waals surface area (Å²) in [7, 11) is -2.18. The maximum atomic E-state index is 12.4. The fourth-order valence-corrected chi connectivity index (χ4v) is 3.27. The summed E-state index contributed by atoms with van der Waals surface area (Å²) < 4.78 is 28.5. The van der Waals surface area contributed by atoms with Gasteiger partial charge in [0.2, 0.25) is 0 Å². The number of benzene rings is 1. The van der Waals surface area contributed by atoms with Gasteiger partial charge in [0.25, 0.3) is 10.0 Å². The molecule has 0 unspecified atom stereocenters. The van der Waals surface area contributed by atoms with Crippen molar-refractivity contribution >= 4 is 15.8 Å². The first-order valence-corrected chi connectivity index (χ1v) is 7.82. The van der Waals surface area contributed by atoms with E-state index in [1.165, 1.54) is 30.9 Å². The minimum atomic E-state index is -3.85. The molecule has 0 aliphatic rings. The van der Waals surface area contributed by atoms with Crippen LogP contribution in [0, 0.1) is 0 Å². The minimum Gasteiger partial charge on any atom is -0.339 e. The standard InChI is InChI=1S/C14H17N3O3S/c1-14(2,13(18)11-7-5-4-6-8-11)16-21(19,20)12-9-17(3)10-15-12/h4-10,16H,1-3H3. The van der Waals surface area contributed by atoms with Gasteiger partial charge in [-0.15, -0.1) is 0 Å². The molecular formula is C14H17N3O3S. The van der Waals surface area contributed by atoms with E-state index in [4.69, 9.17) is 0 Å². The van der Waals surface area contributed by atoms with Gasteiger partial charge < -0.3 is 4.57 Å². The third kappa shape index (κ3) is 3.37. The molecule has 7 heteroatoms. The summed E-state index contributed by atoms with van der Waals surface area (Å²) in [4.78, 5) is 16.2. The maximum absolute atomic E-state index is 12.4. The summed E-state index contributed by atoms with van der Waals surface area (Å²) in [5.74, 6) is -0.303. The highest BCUT2D eigenvalue weighted by Gasteiger charge is 2.34. The second-order valence-electron chi connectivity index (χ2n) is 5.30. The van der Waals surface area contributed by atoms with Crippen LogP contribution in [-0.4, -0.2) is 29.3 Å². The van der Waals surface area contributed by atoms with Crippen LogP contribution in [0.1, 0.15) is 24.2 Å². The largest absolute Gasteiger partial charge is 0.339 e. The third-order valence-corrected chi connectivity index (χ3v) is 4.49. The topological polar surface area (TPSA) is 81.1 Å². The molecule has 0 amide bonds. The SMILES string of the molecule is Cn1cnc(S(=O)(=O)NC(C)(C)C(=O)c2ccccc2)c1. The molecule has 1 aromatic carbocycles. The molecule has 0 saturated carbocycles. The molecule has 0 radical (unpaired) electrons. The lowest BCUT2D eigenvalue weighted by Crippen LogP contribution is -2.49. The number of carbonyl (C=O) groups excluding carboxylic acids is 1. The first kappa shape index (κ1) is 15.4. The number of ketones is 1. The average Bonchev–Trinajstić information content (AvgIpc) is 2.85. The molecule has 1 N–H and O–H groups in total.